The standard InChI is InChI=1S/C23H32N2O2S/c1-17-12-18(2)19(3)22(13-17)27-15-23(26)24-14-21(20-8-11-28-16-20)25-9-6-4-5-7-10-25/h8,11-13,16,21H,4-7,9-10,14-15H2,1-3H3,(H,24,26). The summed E-state index contributed by atoms with van der Waals surface area (Å²) in [6.07, 6.45) is 5.10. The van der Waals surface area contributed by atoms with Crippen molar-refractivity contribution in [2.24, 2.45) is 0 Å². The van der Waals surface area contributed by atoms with Crippen molar-refractivity contribution in [1.82, 2.24) is 10.2 Å². The number of rotatable bonds is 7. The van der Waals surface area contributed by atoms with Gasteiger partial charge in [-0.15, -0.1) is 0 Å². The second-order valence-corrected chi connectivity index (χ2v) is 8.60. The number of ether oxygens (including phenoxy) is 1. The molecule has 1 saturated heterocycles. The molecule has 1 aliphatic rings. The molecule has 3 rings (SSSR count). The zero-order valence-electron chi connectivity index (χ0n) is 17.3. The molecule has 1 aromatic heterocycles. The molecule has 152 valence electrons. The number of benzene rings is 1. The first-order valence-corrected chi connectivity index (χ1v) is 11.2. The number of carbonyl (C=O) groups is 1. The molecule has 0 radical (unpaired) electrons. The van der Waals surface area contributed by atoms with Gasteiger partial charge in [0.1, 0.15) is 5.75 Å². The van der Waals surface area contributed by atoms with Gasteiger partial charge in [-0.05, 0) is 91.8 Å². The first kappa shape index (κ1) is 20.9. The summed E-state index contributed by atoms with van der Waals surface area (Å²) >= 11 is 1.72. The molecular weight excluding hydrogens is 368 g/mol. The van der Waals surface area contributed by atoms with Gasteiger partial charge in [-0.25, -0.2) is 0 Å². The van der Waals surface area contributed by atoms with Crippen molar-refractivity contribution in [2.75, 3.05) is 26.2 Å². The van der Waals surface area contributed by atoms with Crippen molar-refractivity contribution in [2.45, 2.75) is 52.5 Å². The fourth-order valence-electron chi connectivity index (χ4n) is 3.88. The van der Waals surface area contributed by atoms with Crippen LogP contribution in [0.4, 0.5) is 0 Å². The van der Waals surface area contributed by atoms with E-state index < -0.39 is 0 Å². The van der Waals surface area contributed by atoms with Crippen LogP contribution < -0.4 is 10.1 Å². The highest BCUT2D eigenvalue weighted by molar-refractivity contribution is 7.07. The molecule has 1 amide bonds. The van der Waals surface area contributed by atoms with Crippen LogP contribution in [0.2, 0.25) is 0 Å². The molecular formula is C23H32N2O2S. The van der Waals surface area contributed by atoms with Crippen molar-refractivity contribution in [1.29, 1.82) is 0 Å². The maximum Gasteiger partial charge on any atom is 0.258 e. The fraction of sp³-hybridized carbons (Fsp3) is 0.522. The topological polar surface area (TPSA) is 41.6 Å². The Labute approximate surface area is 172 Å². The molecule has 28 heavy (non-hydrogen) atoms. The van der Waals surface area contributed by atoms with Gasteiger partial charge in [0.25, 0.3) is 5.91 Å². The zero-order valence-corrected chi connectivity index (χ0v) is 18.1. The molecule has 0 saturated carbocycles. The van der Waals surface area contributed by atoms with E-state index in [2.05, 4.69) is 40.0 Å². The molecule has 2 heterocycles. The average molecular weight is 401 g/mol. The lowest BCUT2D eigenvalue weighted by Gasteiger charge is -2.30. The number of hydrogen-bond donors (Lipinski definition) is 1. The van der Waals surface area contributed by atoms with E-state index in [4.69, 9.17) is 4.74 Å². The predicted octanol–water partition coefficient (Wildman–Crippen LogP) is 4.79. The molecule has 1 fully saturated rings. The minimum atomic E-state index is -0.0615. The maximum atomic E-state index is 12.5. The van der Waals surface area contributed by atoms with Gasteiger partial charge >= 0.3 is 0 Å². The number of nitrogens with one attached hydrogen (secondary N) is 1. The highest BCUT2D eigenvalue weighted by Gasteiger charge is 2.22. The SMILES string of the molecule is Cc1cc(C)c(C)c(OCC(=O)NCC(c2ccsc2)N2CCCCCC2)c1. The number of thiophene rings is 1. The molecule has 0 spiro atoms. The molecule has 0 bridgehead atoms. The summed E-state index contributed by atoms with van der Waals surface area (Å²) < 4.78 is 5.83. The van der Waals surface area contributed by atoms with Gasteiger partial charge in [0.05, 0.1) is 6.04 Å². The molecule has 0 aliphatic carbocycles. The summed E-state index contributed by atoms with van der Waals surface area (Å²) in [5.41, 5.74) is 4.74. The van der Waals surface area contributed by atoms with E-state index in [1.807, 2.05) is 19.9 Å². The third-order valence-electron chi connectivity index (χ3n) is 5.62. The van der Waals surface area contributed by atoms with Crippen LogP contribution in [-0.4, -0.2) is 37.0 Å². The summed E-state index contributed by atoms with van der Waals surface area (Å²) in [7, 11) is 0. The van der Waals surface area contributed by atoms with E-state index >= 15 is 0 Å². The second kappa shape index (κ2) is 10.1. The van der Waals surface area contributed by atoms with E-state index in [-0.39, 0.29) is 18.6 Å². The highest BCUT2D eigenvalue weighted by atomic mass is 32.1. The van der Waals surface area contributed by atoms with Gasteiger partial charge in [0.2, 0.25) is 0 Å². The number of aryl methyl sites for hydroxylation is 2. The van der Waals surface area contributed by atoms with Crippen molar-refractivity contribution < 1.29 is 9.53 Å². The van der Waals surface area contributed by atoms with Crippen LogP contribution in [0, 0.1) is 20.8 Å². The van der Waals surface area contributed by atoms with Gasteiger partial charge in [-0.2, -0.15) is 11.3 Å². The monoisotopic (exact) mass is 400 g/mol. The molecule has 1 aliphatic heterocycles. The maximum absolute atomic E-state index is 12.5. The Morgan fingerprint density at radius 2 is 1.93 bits per heavy atom. The van der Waals surface area contributed by atoms with Crippen molar-refractivity contribution in [3.8, 4) is 5.75 Å². The smallest absolute Gasteiger partial charge is 0.258 e. The lowest BCUT2D eigenvalue weighted by Crippen LogP contribution is -2.40. The first-order chi connectivity index (χ1) is 13.5. The Balaban J connectivity index is 1.58. The molecule has 4 nitrogen and oxygen atoms in total. The normalized spacial score (nSPS) is 16.4. The molecule has 1 unspecified atom stereocenters. The Bertz CT molecular complexity index is 765. The van der Waals surface area contributed by atoms with Crippen LogP contribution in [0.5, 0.6) is 5.75 Å². The number of likely N-dealkylation sites (tertiary alicyclic amines) is 1. The van der Waals surface area contributed by atoms with Gasteiger partial charge in [-0.3, -0.25) is 9.69 Å². The van der Waals surface area contributed by atoms with E-state index in [0.717, 1.165) is 30.0 Å². The lowest BCUT2D eigenvalue weighted by atomic mass is 10.1. The second-order valence-electron chi connectivity index (χ2n) is 7.82. The van der Waals surface area contributed by atoms with Crippen LogP contribution >= 0.6 is 11.3 Å². The Hall–Kier alpha value is -1.85. The summed E-state index contributed by atoms with van der Waals surface area (Å²) in [6.45, 7) is 9.05. The van der Waals surface area contributed by atoms with E-state index in [1.165, 1.54) is 36.8 Å². The van der Waals surface area contributed by atoms with Crippen molar-refractivity contribution in [3.63, 3.8) is 0 Å². The average Bonchev–Trinajstić information content (AvgIpc) is 3.06. The third-order valence-corrected chi connectivity index (χ3v) is 6.33. The van der Waals surface area contributed by atoms with Crippen LogP contribution in [-0.2, 0) is 4.79 Å². The molecule has 2 aromatic rings. The number of carbonyl (C=O) groups excluding carboxylic acids is 1. The highest BCUT2D eigenvalue weighted by Crippen LogP contribution is 2.26. The summed E-state index contributed by atoms with van der Waals surface area (Å²) in [5.74, 6) is 0.739. The number of hydrogen-bond acceptors (Lipinski definition) is 4. The van der Waals surface area contributed by atoms with Crippen LogP contribution in [0.25, 0.3) is 0 Å². The van der Waals surface area contributed by atoms with Gasteiger partial charge in [0, 0.05) is 6.54 Å². The zero-order chi connectivity index (χ0) is 19.9. The lowest BCUT2D eigenvalue weighted by molar-refractivity contribution is -0.123. The minimum Gasteiger partial charge on any atom is -0.483 e. The summed E-state index contributed by atoms with van der Waals surface area (Å²) in [5, 5.41) is 7.43. The van der Waals surface area contributed by atoms with Crippen LogP contribution in [0.1, 0.15) is 54.0 Å². The summed E-state index contributed by atoms with van der Waals surface area (Å²) in [6, 6.07) is 6.56. The van der Waals surface area contributed by atoms with Gasteiger partial charge in [-0.1, -0.05) is 18.9 Å². The Morgan fingerprint density at radius 1 is 1.18 bits per heavy atom. The number of nitrogens with zero attached hydrogens (tertiary/aromatic N) is 1. The molecule has 1 N–H and O–H groups in total. The van der Waals surface area contributed by atoms with E-state index in [1.54, 1.807) is 11.3 Å². The Morgan fingerprint density at radius 3 is 2.61 bits per heavy atom. The minimum absolute atomic E-state index is 0.0556. The first-order valence-electron chi connectivity index (χ1n) is 10.3. The Kier molecular flexibility index (Phi) is 7.51. The molecule has 1 atom stereocenters. The van der Waals surface area contributed by atoms with Crippen molar-refractivity contribution >= 4 is 17.2 Å². The number of amides is 1. The predicted molar refractivity (Wildman–Crippen MR) is 116 cm³/mol. The van der Waals surface area contributed by atoms with Crippen molar-refractivity contribution in [3.05, 3.63) is 51.2 Å². The fourth-order valence-corrected chi connectivity index (χ4v) is 4.59. The van der Waals surface area contributed by atoms with Crippen LogP contribution in [0.15, 0.2) is 29.0 Å². The van der Waals surface area contributed by atoms with Gasteiger partial charge < -0.3 is 10.1 Å². The van der Waals surface area contributed by atoms with E-state index in [0.29, 0.717) is 6.54 Å². The summed E-state index contributed by atoms with van der Waals surface area (Å²) in [4.78, 5) is 15.0. The third kappa shape index (κ3) is 5.58. The quantitative estimate of drug-likeness (QED) is 0.727. The van der Waals surface area contributed by atoms with E-state index in [9.17, 15) is 4.79 Å². The van der Waals surface area contributed by atoms with Crippen LogP contribution in [0.3, 0.4) is 0 Å². The largest absolute Gasteiger partial charge is 0.483 e. The molecule has 1 aromatic carbocycles. The van der Waals surface area contributed by atoms with Gasteiger partial charge in [0.15, 0.2) is 6.61 Å². The molecule has 5 heteroatoms.